The van der Waals surface area contributed by atoms with E-state index < -0.39 is 0 Å². The molecule has 1 N–H and O–H groups in total. The number of halogens is 2. The minimum absolute atomic E-state index is 0.415. The van der Waals surface area contributed by atoms with E-state index in [1.165, 1.54) is 35.7 Å². The zero-order valence-electron chi connectivity index (χ0n) is 10.2. The average Bonchev–Trinajstić information content (AvgIpc) is 2.78. The molecule has 17 heavy (non-hydrogen) atoms. The van der Waals surface area contributed by atoms with Crippen molar-refractivity contribution in [3.63, 3.8) is 0 Å². The molecule has 0 amide bonds. The molecule has 1 fully saturated rings. The molecule has 0 heterocycles. The van der Waals surface area contributed by atoms with Crippen LogP contribution in [0.2, 0.25) is 0 Å². The Morgan fingerprint density at radius 2 is 2.00 bits per heavy atom. The fourth-order valence-electron chi connectivity index (χ4n) is 2.52. The van der Waals surface area contributed by atoms with Crippen molar-refractivity contribution in [3.8, 4) is 0 Å². The van der Waals surface area contributed by atoms with Crippen molar-refractivity contribution < 1.29 is 0 Å². The first-order valence-corrected chi connectivity index (χ1v) is 7.93. The Balaban J connectivity index is 1.91. The summed E-state index contributed by atoms with van der Waals surface area (Å²) in [7, 11) is 0. The van der Waals surface area contributed by atoms with Crippen molar-refractivity contribution in [2.45, 2.75) is 38.6 Å². The van der Waals surface area contributed by atoms with Gasteiger partial charge in [0.25, 0.3) is 0 Å². The van der Waals surface area contributed by atoms with Gasteiger partial charge in [-0.1, -0.05) is 50.8 Å². The first-order valence-electron chi connectivity index (χ1n) is 6.35. The van der Waals surface area contributed by atoms with Crippen LogP contribution in [0.3, 0.4) is 0 Å². The smallest absolute Gasteiger partial charge is 0.0303 e. The summed E-state index contributed by atoms with van der Waals surface area (Å²) in [5.41, 5.74) is 1.34. The lowest BCUT2D eigenvalue weighted by Crippen LogP contribution is -2.24. The molecule has 94 valence electrons. The highest BCUT2D eigenvalue weighted by Crippen LogP contribution is 2.28. The summed E-state index contributed by atoms with van der Waals surface area (Å²) in [6.45, 7) is 3.40. The average molecular weight is 361 g/mol. The molecule has 0 aliphatic heterocycles. The monoisotopic (exact) mass is 359 g/mol. The topological polar surface area (TPSA) is 12.0 Å². The number of hydrogen-bond donors (Lipinski definition) is 1. The maximum Gasteiger partial charge on any atom is 0.0303 e. The highest BCUT2D eigenvalue weighted by atomic mass is 79.9. The molecule has 0 spiro atoms. The van der Waals surface area contributed by atoms with Crippen molar-refractivity contribution in [2.75, 3.05) is 6.54 Å². The van der Waals surface area contributed by atoms with Crippen LogP contribution in [0.15, 0.2) is 27.1 Å². The van der Waals surface area contributed by atoms with Gasteiger partial charge in [0.2, 0.25) is 0 Å². The summed E-state index contributed by atoms with van der Waals surface area (Å²) in [5.74, 6) is 0.895. The third-order valence-corrected chi connectivity index (χ3v) is 4.80. The van der Waals surface area contributed by atoms with E-state index in [-0.39, 0.29) is 0 Å². The molecule has 1 atom stereocenters. The van der Waals surface area contributed by atoms with Crippen LogP contribution < -0.4 is 5.32 Å². The van der Waals surface area contributed by atoms with Gasteiger partial charge < -0.3 is 5.32 Å². The van der Waals surface area contributed by atoms with E-state index in [0.29, 0.717) is 6.04 Å². The molecule has 1 aromatic rings. The van der Waals surface area contributed by atoms with Crippen LogP contribution in [0, 0.1) is 5.92 Å². The number of nitrogens with one attached hydrogen (secondary N) is 1. The Morgan fingerprint density at radius 1 is 1.29 bits per heavy atom. The molecule has 1 aliphatic carbocycles. The lowest BCUT2D eigenvalue weighted by atomic mass is 10.1. The second-order valence-electron chi connectivity index (χ2n) is 4.95. The van der Waals surface area contributed by atoms with Crippen LogP contribution >= 0.6 is 31.9 Å². The number of benzene rings is 1. The molecule has 3 heteroatoms. The molecule has 1 aliphatic rings. The quantitative estimate of drug-likeness (QED) is 0.791. The molecular weight excluding hydrogens is 342 g/mol. The molecule has 0 bridgehead atoms. The van der Waals surface area contributed by atoms with Crippen molar-refractivity contribution in [1.29, 1.82) is 0 Å². The van der Waals surface area contributed by atoms with Gasteiger partial charge in [0, 0.05) is 15.0 Å². The van der Waals surface area contributed by atoms with Gasteiger partial charge in [0.1, 0.15) is 0 Å². The van der Waals surface area contributed by atoms with Gasteiger partial charge in [0.15, 0.2) is 0 Å². The Labute approximate surface area is 121 Å². The van der Waals surface area contributed by atoms with Gasteiger partial charge in [-0.05, 0) is 49.9 Å². The molecule has 1 unspecified atom stereocenters. The summed E-state index contributed by atoms with van der Waals surface area (Å²) in [6.07, 6.45) is 5.65. The fraction of sp³-hybridized carbons (Fsp3) is 0.571. The maximum absolute atomic E-state index is 3.66. The van der Waals surface area contributed by atoms with Crippen LogP contribution in [0.4, 0.5) is 0 Å². The minimum atomic E-state index is 0.415. The van der Waals surface area contributed by atoms with E-state index in [0.717, 1.165) is 16.9 Å². The van der Waals surface area contributed by atoms with Gasteiger partial charge in [-0.25, -0.2) is 0 Å². The second kappa shape index (κ2) is 6.35. The Morgan fingerprint density at radius 3 is 2.65 bits per heavy atom. The van der Waals surface area contributed by atoms with E-state index in [9.17, 15) is 0 Å². The van der Waals surface area contributed by atoms with Crippen LogP contribution in [0.25, 0.3) is 0 Å². The summed E-state index contributed by atoms with van der Waals surface area (Å²) in [4.78, 5) is 0. The number of rotatable bonds is 4. The first-order chi connectivity index (χ1) is 8.16. The third-order valence-electron chi connectivity index (χ3n) is 3.62. The van der Waals surface area contributed by atoms with Crippen molar-refractivity contribution in [1.82, 2.24) is 5.32 Å². The number of hydrogen-bond acceptors (Lipinski definition) is 1. The van der Waals surface area contributed by atoms with Crippen LogP contribution in [0.1, 0.15) is 44.2 Å². The van der Waals surface area contributed by atoms with Gasteiger partial charge in [-0.15, -0.1) is 0 Å². The van der Waals surface area contributed by atoms with Gasteiger partial charge in [-0.3, -0.25) is 0 Å². The lowest BCUT2D eigenvalue weighted by Gasteiger charge is -2.18. The SMILES string of the molecule is CC(NCC1CCCC1)c1ccc(Br)cc1Br. The highest BCUT2D eigenvalue weighted by Gasteiger charge is 2.16. The predicted molar refractivity (Wildman–Crippen MR) is 80.2 cm³/mol. The zero-order valence-corrected chi connectivity index (χ0v) is 13.4. The minimum Gasteiger partial charge on any atom is -0.310 e. The molecule has 2 rings (SSSR count). The first kappa shape index (κ1) is 13.6. The Hall–Kier alpha value is 0.140. The molecule has 1 saturated carbocycles. The molecule has 1 nitrogen and oxygen atoms in total. The lowest BCUT2D eigenvalue weighted by molar-refractivity contribution is 0.452. The summed E-state index contributed by atoms with van der Waals surface area (Å²) < 4.78 is 2.30. The predicted octanol–water partition coefficient (Wildman–Crippen LogP) is 5.05. The second-order valence-corrected chi connectivity index (χ2v) is 6.72. The van der Waals surface area contributed by atoms with Crippen LogP contribution in [0.5, 0.6) is 0 Å². The Kier molecular flexibility index (Phi) is 5.07. The van der Waals surface area contributed by atoms with Crippen LogP contribution in [-0.4, -0.2) is 6.54 Å². The van der Waals surface area contributed by atoms with Crippen molar-refractivity contribution in [3.05, 3.63) is 32.7 Å². The Bertz CT molecular complexity index is 372. The normalized spacial score (nSPS) is 18.5. The molecular formula is C14H19Br2N. The van der Waals surface area contributed by atoms with Crippen molar-refractivity contribution in [2.24, 2.45) is 5.92 Å². The van der Waals surface area contributed by atoms with E-state index in [2.05, 4.69) is 62.3 Å². The highest BCUT2D eigenvalue weighted by molar-refractivity contribution is 9.11. The molecule has 0 radical (unpaired) electrons. The van der Waals surface area contributed by atoms with Gasteiger partial charge in [0.05, 0.1) is 0 Å². The van der Waals surface area contributed by atoms with E-state index >= 15 is 0 Å². The van der Waals surface area contributed by atoms with E-state index in [4.69, 9.17) is 0 Å². The molecule has 0 aromatic heterocycles. The molecule has 0 saturated heterocycles. The summed E-state index contributed by atoms with van der Waals surface area (Å²) in [5, 5.41) is 3.66. The third kappa shape index (κ3) is 3.80. The van der Waals surface area contributed by atoms with Gasteiger partial charge >= 0.3 is 0 Å². The fourth-order valence-corrected chi connectivity index (χ4v) is 3.91. The van der Waals surface area contributed by atoms with Gasteiger partial charge in [-0.2, -0.15) is 0 Å². The van der Waals surface area contributed by atoms with E-state index in [1.54, 1.807) is 0 Å². The van der Waals surface area contributed by atoms with Crippen molar-refractivity contribution >= 4 is 31.9 Å². The summed E-state index contributed by atoms with van der Waals surface area (Å²) >= 11 is 7.12. The zero-order chi connectivity index (χ0) is 12.3. The van der Waals surface area contributed by atoms with Crippen LogP contribution in [-0.2, 0) is 0 Å². The van der Waals surface area contributed by atoms with E-state index in [1.807, 2.05) is 0 Å². The molecule has 1 aromatic carbocycles. The summed E-state index contributed by atoms with van der Waals surface area (Å²) in [6, 6.07) is 6.82. The maximum atomic E-state index is 3.66. The largest absolute Gasteiger partial charge is 0.310 e. The standard InChI is InChI=1S/C14H19Br2N/c1-10(17-9-11-4-2-3-5-11)13-7-6-12(15)8-14(13)16/h6-8,10-11,17H,2-5,9H2,1H3.